The van der Waals surface area contributed by atoms with Crippen LogP contribution >= 0.6 is 0 Å². The molecule has 0 aliphatic carbocycles. The molecule has 1 aliphatic rings. The highest BCUT2D eigenvalue weighted by atomic mass is 19.1. The minimum atomic E-state index is -1.05. The summed E-state index contributed by atoms with van der Waals surface area (Å²) in [6.45, 7) is 2.32. The topological polar surface area (TPSA) is 75.6 Å². The van der Waals surface area contributed by atoms with E-state index in [1.165, 1.54) is 13.0 Å². The number of rotatable bonds is 6. The van der Waals surface area contributed by atoms with Crippen LogP contribution in [0, 0.1) is 23.5 Å². The van der Waals surface area contributed by atoms with Crippen LogP contribution in [0.1, 0.15) is 31.2 Å². The molecule has 2 N–H and O–H groups in total. The van der Waals surface area contributed by atoms with E-state index in [0.29, 0.717) is 26.1 Å². The van der Waals surface area contributed by atoms with Crippen molar-refractivity contribution in [3.8, 4) is 0 Å². The molecular weight excluding hydrogens is 320 g/mol. The van der Waals surface area contributed by atoms with Crippen molar-refractivity contribution in [2.24, 2.45) is 11.8 Å². The second-order valence-corrected chi connectivity index (χ2v) is 6.00. The third-order valence-corrected chi connectivity index (χ3v) is 4.47. The van der Waals surface area contributed by atoms with E-state index in [2.05, 4.69) is 5.32 Å². The second kappa shape index (κ2) is 8.19. The predicted molar refractivity (Wildman–Crippen MR) is 82.5 cm³/mol. The van der Waals surface area contributed by atoms with Gasteiger partial charge in [0.05, 0.1) is 11.8 Å². The summed E-state index contributed by atoms with van der Waals surface area (Å²) in [5.41, 5.74) is -0.312. The minimum absolute atomic E-state index is 0.0702. The maximum Gasteiger partial charge on any atom is 0.308 e. The Labute approximate surface area is 139 Å². The van der Waals surface area contributed by atoms with Gasteiger partial charge in [-0.05, 0) is 37.8 Å². The Morgan fingerprint density at radius 2 is 1.88 bits per heavy atom. The molecule has 0 radical (unpaired) electrons. The summed E-state index contributed by atoms with van der Waals surface area (Å²) in [6.07, 6.45) is 1.23. The molecule has 5 nitrogen and oxygen atoms in total. The van der Waals surface area contributed by atoms with Crippen LogP contribution in [0.25, 0.3) is 0 Å². The first-order chi connectivity index (χ1) is 11.4. The number of carbonyl (C=O) groups excluding carboxylic acids is 1. The summed E-state index contributed by atoms with van der Waals surface area (Å²) in [4.78, 5) is 23.6. The van der Waals surface area contributed by atoms with E-state index in [1.807, 2.05) is 0 Å². The smallest absolute Gasteiger partial charge is 0.308 e. The third kappa shape index (κ3) is 4.29. The first kappa shape index (κ1) is 18.3. The van der Waals surface area contributed by atoms with Gasteiger partial charge in [-0.3, -0.25) is 9.59 Å². The molecule has 1 saturated heterocycles. The van der Waals surface area contributed by atoms with Crippen LogP contribution in [0.4, 0.5) is 8.78 Å². The average Bonchev–Trinajstić information content (AvgIpc) is 2.55. The van der Waals surface area contributed by atoms with Crippen molar-refractivity contribution < 1.29 is 28.2 Å². The van der Waals surface area contributed by atoms with Crippen LogP contribution in [-0.4, -0.2) is 36.7 Å². The standard InChI is InChI=1S/C17H21F2NO4/c1-10(15-13(18)3-2-4-14(15)19)16(21)20-9-12(17(22)23)11-5-7-24-8-6-11/h2-4,10-12H,5-9H2,1H3,(H,20,21)(H,22,23). The molecule has 2 rings (SSSR count). The SMILES string of the molecule is CC(C(=O)NCC(C(=O)O)C1CCOCC1)c1c(F)cccc1F. The van der Waals surface area contributed by atoms with Crippen LogP contribution in [0.15, 0.2) is 18.2 Å². The average molecular weight is 341 g/mol. The molecule has 2 atom stereocenters. The normalized spacial score (nSPS) is 18.0. The van der Waals surface area contributed by atoms with Crippen molar-refractivity contribution in [3.63, 3.8) is 0 Å². The van der Waals surface area contributed by atoms with Crippen molar-refractivity contribution in [2.45, 2.75) is 25.7 Å². The van der Waals surface area contributed by atoms with E-state index >= 15 is 0 Å². The largest absolute Gasteiger partial charge is 0.481 e. The number of carboxylic acids is 1. The second-order valence-electron chi connectivity index (χ2n) is 6.00. The van der Waals surface area contributed by atoms with Crippen LogP contribution in [0.3, 0.4) is 0 Å². The number of hydrogen-bond acceptors (Lipinski definition) is 3. The molecular formula is C17H21F2NO4. The highest BCUT2D eigenvalue weighted by Gasteiger charge is 2.31. The van der Waals surface area contributed by atoms with Crippen LogP contribution in [0.2, 0.25) is 0 Å². The number of hydrogen-bond donors (Lipinski definition) is 2. The Hall–Kier alpha value is -2.02. The maximum absolute atomic E-state index is 13.8. The van der Waals surface area contributed by atoms with Gasteiger partial charge < -0.3 is 15.2 Å². The summed E-state index contributed by atoms with van der Waals surface area (Å²) in [5.74, 6) is -5.05. The lowest BCUT2D eigenvalue weighted by Gasteiger charge is -2.28. The Morgan fingerprint density at radius 1 is 1.29 bits per heavy atom. The molecule has 2 unspecified atom stereocenters. The molecule has 1 amide bonds. The van der Waals surface area contributed by atoms with Crippen LogP contribution in [0.5, 0.6) is 0 Å². The molecule has 1 heterocycles. The highest BCUT2D eigenvalue weighted by molar-refractivity contribution is 5.84. The molecule has 24 heavy (non-hydrogen) atoms. The third-order valence-electron chi connectivity index (χ3n) is 4.47. The van der Waals surface area contributed by atoms with Crippen molar-refractivity contribution in [1.82, 2.24) is 5.32 Å². The van der Waals surface area contributed by atoms with E-state index in [1.54, 1.807) is 0 Å². The van der Waals surface area contributed by atoms with Gasteiger partial charge in [-0.1, -0.05) is 6.07 Å². The zero-order valence-corrected chi connectivity index (χ0v) is 13.4. The molecule has 7 heteroatoms. The maximum atomic E-state index is 13.8. The fraction of sp³-hybridized carbons (Fsp3) is 0.529. The number of carbonyl (C=O) groups is 2. The molecule has 1 fully saturated rings. The quantitative estimate of drug-likeness (QED) is 0.833. The monoisotopic (exact) mass is 341 g/mol. The summed E-state index contributed by atoms with van der Waals surface area (Å²) >= 11 is 0. The lowest BCUT2D eigenvalue weighted by atomic mass is 9.85. The molecule has 0 saturated carbocycles. The Balaban J connectivity index is 2.01. The molecule has 1 aromatic rings. The van der Waals surface area contributed by atoms with Gasteiger partial charge in [0.25, 0.3) is 0 Å². The number of halogens is 2. The Kier molecular flexibility index (Phi) is 6.25. The van der Waals surface area contributed by atoms with E-state index < -0.39 is 35.3 Å². The van der Waals surface area contributed by atoms with Gasteiger partial charge in [0.2, 0.25) is 5.91 Å². The van der Waals surface area contributed by atoms with Gasteiger partial charge in [0.1, 0.15) is 11.6 Å². The molecule has 0 bridgehead atoms. The van der Waals surface area contributed by atoms with Crippen molar-refractivity contribution in [2.75, 3.05) is 19.8 Å². The van der Waals surface area contributed by atoms with E-state index in [4.69, 9.17) is 4.74 Å². The van der Waals surface area contributed by atoms with Gasteiger partial charge in [0.15, 0.2) is 0 Å². The Bertz CT molecular complexity index is 582. The highest BCUT2D eigenvalue weighted by Crippen LogP contribution is 2.25. The van der Waals surface area contributed by atoms with E-state index in [9.17, 15) is 23.5 Å². The first-order valence-corrected chi connectivity index (χ1v) is 7.94. The fourth-order valence-corrected chi connectivity index (χ4v) is 2.99. The molecule has 0 aromatic heterocycles. The molecule has 1 aromatic carbocycles. The van der Waals surface area contributed by atoms with Crippen molar-refractivity contribution in [3.05, 3.63) is 35.4 Å². The molecule has 1 aliphatic heterocycles. The zero-order chi connectivity index (χ0) is 17.7. The van der Waals surface area contributed by atoms with Crippen molar-refractivity contribution >= 4 is 11.9 Å². The zero-order valence-electron chi connectivity index (χ0n) is 13.4. The Morgan fingerprint density at radius 3 is 2.42 bits per heavy atom. The van der Waals surface area contributed by atoms with Gasteiger partial charge >= 0.3 is 5.97 Å². The number of aliphatic carboxylic acids is 1. The summed E-state index contributed by atoms with van der Waals surface area (Å²) in [7, 11) is 0. The minimum Gasteiger partial charge on any atom is -0.481 e. The van der Waals surface area contributed by atoms with E-state index in [0.717, 1.165) is 12.1 Å². The van der Waals surface area contributed by atoms with Gasteiger partial charge in [-0.25, -0.2) is 8.78 Å². The van der Waals surface area contributed by atoms with Gasteiger partial charge in [-0.2, -0.15) is 0 Å². The number of ether oxygens (including phenoxy) is 1. The van der Waals surface area contributed by atoms with E-state index in [-0.39, 0.29) is 18.0 Å². The van der Waals surface area contributed by atoms with Crippen LogP contribution in [-0.2, 0) is 14.3 Å². The number of carboxylic acid groups (broad SMARTS) is 1. The van der Waals surface area contributed by atoms with Gasteiger partial charge in [-0.15, -0.1) is 0 Å². The lowest BCUT2D eigenvalue weighted by Crippen LogP contribution is -2.40. The van der Waals surface area contributed by atoms with Crippen LogP contribution < -0.4 is 5.32 Å². The first-order valence-electron chi connectivity index (χ1n) is 7.94. The predicted octanol–water partition coefficient (Wildman–Crippen LogP) is 2.31. The number of nitrogens with one attached hydrogen (secondary N) is 1. The summed E-state index contributed by atoms with van der Waals surface area (Å²) in [6, 6.07) is 3.40. The summed E-state index contributed by atoms with van der Waals surface area (Å²) < 4.78 is 32.7. The van der Waals surface area contributed by atoms with Crippen molar-refractivity contribution in [1.29, 1.82) is 0 Å². The van der Waals surface area contributed by atoms with Gasteiger partial charge in [0, 0.05) is 25.3 Å². The summed E-state index contributed by atoms with van der Waals surface area (Å²) in [5, 5.41) is 11.9. The molecule has 0 spiro atoms. The molecule has 132 valence electrons. The number of amides is 1. The number of benzene rings is 1. The lowest BCUT2D eigenvalue weighted by molar-refractivity contribution is -0.145. The fourth-order valence-electron chi connectivity index (χ4n) is 2.99.